The molecule has 3 aliphatic heterocycles. The molecule has 3 heterocycles. The number of morpholine rings is 2. The summed E-state index contributed by atoms with van der Waals surface area (Å²) in [4.78, 5) is 5.07. The first-order chi connectivity index (χ1) is 21.6. The van der Waals surface area contributed by atoms with Crippen LogP contribution in [0.2, 0.25) is 0 Å². The molecule has 0 atom stereocenters. The number of alkyl halides is 2. The Hall–Kier alpha value is -1.89. The van der Waals surface area contributed by atoms with Gasteiger partial charge in [-0.05, 0) is 0 Å². The third-order valence-corrected chi connectivity index (χ3v) is 16.9. The van der Waals surface area contributed by atoms with Gasteiger partial charge in [0.1, 0.15) is 0 Å². The van der Waals surface area contributed by atoms with Crippen molar-refractivity contribution in [1.82, 2.24) is 9.34 Å². The Balaban J connectivity index is 1.64. The average Bonchev–Trinajstić information content (AvgIpc) is 3.43. The molecule has 3 fully saturated rings. The van der Waals surface area contributed by atoms with Gasteiger partial charge in [0.25, 0.3) is 0 Å². The number of anilines is 2. The molecule has 244 valence electrons. The first-order valence-electron chi connectivity index (χ1n) is 16.3. The summed E-state index contributed by atoms with van der Waals surface area (Å²) in [6.07, 6.45) is -0.321. The summed E-state index contributed by atoms with van der Waals surface area (Å²) >= 11 is 16.8. The Labute approximate surface area is 280 Å². The van der Waals surface area contributed by atoms with Crippen LogP contribution in [0, 0.1) is 41.5 Å². The van der Waals surface area contributed by atoms with Crippen molar-refractivity contribution in [3.8, 4) is 0 Å². The predicted molar refractivity (Wildman–Crippen MR) is 193 cm³/mol. The summed E-state index contributed by atoms with van der Waals surface area (Å²) in [6, 6.07) is 20.1. The van der Waals surface area contributed by atoms with Gasteiger partial charge in [-0.1, -0.05) is 0 Å². The maximum absolute atomic E-state index is 8.41. The van der Waals surface area contributed by atoms with Gasteiger partial charge in [-0.2, -0.15) is 0 Å². The predicted octanol–water partition coefficient (Wildman–Crippen LogP) is 6.89. The molecule has 0 radical (unpaired) electrons. The topological polar surface area (TPSA) is 31.4 Å². The molecule has 0 aliphatic carbocycles. The zero-order chi connectivity index (χ0) is 31.9. The van der Waals surface area contributed by atoms with Crippen LogP contribution in [-0.4, -0.2) is 85.3 Å². The van der Waals surface area contributed by atoms with E-state index < -0.39 is 11.6 Å². The number of nitrogens with zero attached hydrogens (tertiary/aromatic N) is 4. The van der Waals surface area contributed by atoms with Crippen molar-refractivity contribution in [2.45, 2.75) is 51.8 Å². The van der Waals surface area contributed by atoms with Crippen molar-refractivity contribution < 1.29 is 9.47 Å². The summed E-state index contributed by atoms with van der Waals surface area (Å²) in [7, 11) is -3.15. The Kier molecular flexibility index (Phi) is 9.77. The van der Waals surface area contributed by atoms with E-state index in [0.29, 0.717) is 26.4 Å². The van der Waals surface area contributed by atoms with E-state index in [0.717, 1.165) is 39.3 Å². The number of ether oxygens (including phenoxy) is 2. The van der Waals surface area contributed by atoms with Crippen LogP contribution in [0.4, 0.5) is 11.4 Å². The van der Waals surface area contributed by atoms with E-state index in [2.05, 4.69) is 115 Å². The van der Waals surface area contributed by atoms with Gasteiger partial charge >= 0.3 is 282 Å². The Morgan fingerprint density at radius 3 is 1.36 bits per heavy atom. The number of benzene rings is 3. The second kappa shape index (κ2) is 13.3. The first kappa shape index (κ1) is 33.0. The summed E-state index contributed by atoms with van der Waals surface area (Å²) in [5.41, 5.74) is 10.0. The average molecular weight is 672 g/mol. The summed E-state index contributed by atoms with van der Waals surface area (Å²) in [5.74, 6) is 0. The van der Waals surface area contributed by atoms with Crippen molar-refractivity contribution in [1.29, 1.82) is 0 Å². The van der Waals surface area contributed by atoms with Crippen molar-refractivity contribution in [3.63, 3.8) is 0 Å². The van der Waals surface area contributed by atoms with E-state index in [-0.39, 0.29) is 6.17 Å². The van der Waals surface area contributed by atoms with Crippen LogP contribution in [0.1, 0.15) is 33.4 Å². The normalized spacial score (nSPS) is 19.8. The van der Waals surface area contributed by atoms with Gasteiger partial charge in [-0.15, -0.1) is 0 Å². The maximum atomic E-state index is 8.41. The number of rotatable bonds is 7. The van der Waals surface area contributed by atoms with Gasteiger partial charge in [0.15, 0.2) is 0 Å². The molecule has 3 saturated heterocycles. The molecule has 0 amide bonds. The van der Waals surface area contributed by atoms with Crippen LogP contribution in [-0.2, 0) is 9.47 Å². The van der Waals surface area contributed by atoms with Crippen LogP contribution in [0.15, 0.2) is 54.6 Å². The van der Waals surface area contributed by atoms with Crippen molar-refractivity contribution in [2.75, 3.05) is 75.5 Å². The van der Waals surface area contributed by atoms with Gasteiger partial charge in [0.2, 0.25) is 0 Å². The van der Waals surface area contributed by atoms with Gasteiger partial charge in [-0.25, -0.2) is 0 Å². The van der Waals surface area contributed by atoms with Crippen molar-refractivity contribution >= 4 is 47.4 Å². The molecule has 3 aromatic rings. The second-order valence-corrected chi connectivity index (χ2v) is 19.1. The number of halogens is 2. The fraction of sp³-hybridized carbons (Fsp3) is 0.500. The molecule has 0 N–H and O–H groups in total. The fourth-order valence-corrected chi connectivity index (χ4v) is 16.4. The monoisotopic (exact) mass is 670 g/mol. The third kappa shape index (κ3) is 5.80. The van der Waals surface area contributed by atoms with E-state index in [1.807, 2.05) is 0 Å². The Morgan fingerprint density at radius 1 is 0.600 bits per heavy atom. The van der Waals surface area contributed by atoms with Crippen molar-refractivity contribution in [2.24, 2.45) is 0 Å². The Morgan fingerprint density at radius 2 is 0.978 bits per heavy atom. The zero-order valence-electron chi connectivity index (χ0n) is 27.7. The van der Waals surface area contributed by atoms with E-state index >= 15 is 0 Å². The first-order valence-corrected chi connectivity index (χ1v) is 19.0. The van der Waals surface area contributed by atoms with Crippen molar-refractivity contribution in [3.05, 3.63) is 88.0 Å². The van der Waals surface area contributed by atoms with Gasteiger partial charge in [-0.3, -0.25) is 0 Å². The van der Waals surface area contributed by atoms with Crippen LogP contribution in [0.25, 0.3) is 0 Å². The number of aryl methyl sites for hydroxylation is 6. The van der Waals surface area contributed by atoms with E-state index in [9.17, 15) is 0 Å². The quantitative estimate of drug-likeness (QED) is 0.201. The summed E-state index contributed by atoms with van der Waals surface area (Å²) < 4.78 is 16.0. The molecule has 9 heteroatoms. The van der Waals surface area contributed by atoms with E-state index in [4.69, 9.17) is 32.7 Å². The minimum absolute atomic E-state index is 0.321. The summed E-state index contributed by atoms with van der Waals surface area (Å²) in [5, 5.41) is 1.24. The van der Waals surface area contributed by atoms with Crippen LogP contribution in [0.5, 0.6) is 0 Å². The second-order valence-electron chi connectivity index (χ2n) is 13.1. The molecule has 0 unspecified atom stereocenters. The Bertz CT molecular complexity index is 1380. The van der Waals surface area contributed by atoms with E-state index in [1.54, 1.807) is 0 Å². The van der Waals surface area contributed by atoms with Gasteiger partial charge < -0.3 is 0 Å². The SMILES string of the molecule is Cc1cc(C)c(N2CCN(c3c(C)cc(C)cc3C)C2C(Cl)(Cl)[PH](c2ccccc2)(N2CCOCC2)N2CCOCC2)c(C)c1. The molecule has 3 aromatic carbocycles. The van der Waals surface area contributed by atoms with Crippen LogP contribution >= 0.6 is 30.8 Å². The minimum atomic E-state index is -3.15. The van der Waals surface area contributed by atoms with Gasteiger partial charge in [0, 0.05) is 0 Å². The fourth-order valence-electron chi connectivity index (χ4n) is 8.54. The molecule has 45 heavy (non-hydrogen) atoms. The molecule has 0 bridgehead atoms. The summed E-state index contributed by atoms with van der Waals surface area (Å²) in [6.45, 7) is 20.7. The van der Waals surface area contributed by atoms with Crippen LogP contribution < -0.4 is 15.1 Å². The molecule has 0 spiro atoms. The number of hydrogen-bond donors (Lipinski definition) is 0. The zero-order valence-corrected chi connectivity index (χ0v) is 30.2. The third-order valence-electron chi connectivity index (χ3n) is 9.92. The van der Waals surface area contributed by atoms with Crippen LogP contribution in [0.3, 0.4) is 0 Å². The number of hydrogen-bond acceptors (Lipinski definition) is 6. The molecule has 6 nitrogen and oxygen atoms in total. The molecule has 6 rings (SSSR count). The molecule has 3 aliphatic rings. The standard InChI is InChI=1S/C36H49Cl2N4O2P/c1-26-22-28(3)33(29(4)23-26)41-12-13-42(34-30(5)24-27(2)25-31(34)6)35(41)36(37,38)45(32-10-8-7-9-11-32,39-14-18-43-19-15-39)40-16-20-44-21-17-40/h7-11,22-25,35,45H,12-21H2,1-6H3. The van der Waals surface area contributed by atoms with Gasteiger partial charge in [0.05, 0.1) is 0 Å². The molecular weight excluding hydrogens is 622 g/mol. The molecular formula is C36H49Cl2N4O2P. The molecule has 0 saturated carbocycles. The van der Waals surface area contributed by atoms with E-state index in [1.165, 1.54) is 50.1 Å². The molecule has 0 aromatic heterocycles.